The van der Waals surface area contributed by atoms with E-state index in [9.17, 15) is 24.3 Å². The molecular formula is C24H23N3O5. The zero-order chi connectivity index (χ0) is 22.2. The number of nitrogens with one attached hydrogen (secondary N) is 1. The minimum Gasteiger partial charge on any atom is -0.386 e. The summed E-state index contributed by atoms with van der Waals surface area (Å²) in [7, 11) is 1.43. The van der Waals surface area contributed by atoms with E-state index in [-0.39, 0.29) is 23.4 Å². The van der Waals surface area contributed by atoms with Crippen molar-refractivity contribution in [1.29, 1.82) is 0 Å². The van der Waals surface area contributed by atoms with Gasteiger partial charge in [-0.25, -0.2) is 23.9 Å². The van der Waals surface area contributed by atoms with Crippen molar-refractivity contribution in [1.82, 2.24) is 14.3 Å². The van der Waals surface area contributed by atoms with Gasteiger partial charge in [0.05, 0.1) is 0 Å². The highest BCUT2D eigenvalue weighted by Crippen LogP contribution is 2.92. The Labute approximate surface area is 182 Å². The van der Waals surface area contributed by atoms with Crippen molar-refractivity contribution < 1.29 is 14.7 Å². The Bertz CT molecular complexity index is 1420. The number of rotatable bonds is 2. The molecule has 5 fully saturated rings. The van der Waals surface area contributed by atoms with Crippen molar-refractivity contribution in [3.63, 3.8) is 0 Å². The van der Waals surface area contributed by atoms with Crippen LogP contribution >= 0.6 is 0 Å². The van der Waals surface area contributed by atoms with E-state index in [4.69, 9.17) is 0 Å². The summed E-state index contributed by atoms with van der Waals surface area (Å²) in [5.74, 6) is -2.55. The van der Waals surface area contributed by atoms with Crippen molar-refractivity contribution in [2.24, 2.45) is 48.0 Å². The first kappa shape index (κ1) is 17.8. The van der Waals surface area contributed by atoms with Gasteiger partial charge in [0.15, 0.2) is 0 Å². The number of hydrogen-bond acceptors (Lipinski definition) is 5. The number of hydrogen-bond donors (Lipinski definition) is 2. The summed E-state index contributed by atoms with van der Waals surface area (Å²) < 4.78 is 2.43. The molecule has 0 radical (unpaired) electrons. The molecule has 7 rings (SSSR count). The number of benzene rings is 1. The first-order chi connectivity index (χ1) is 15.2. The molecule has 2 aromatic rings. The second-order valence-corrected chi connectivity index (χ2v) is 11.3. The summed E-state index contributed by atoms with van der Waals surface area (Å²) >= 11 is 0. The average Bonchev–Trinajstić information content (AvgIpc) is 3.51. The van der Waals surface area contributed by atoms with E-state index in [1.54, 1.807) is 0 Å². The van der Waals surface area contributed by atoms with Gasteiger partial charge < -0.3 is 5.11 Å². The maximum Gasteiger partial charge on any atom is 0.347 e. The number of nitrogens with zero attached hydrogens (tertiary/aromatic N) is 2. The van der Waals surface area contributed by atoms with Gasteiger partial charge in [-0.05, 0) is 24.3 Å². The normalized spacial score (nSPS) is 52.8. The average molecular weight is 433 g/mol. The highest BCUT2D eigenvalue weighted by atomic mass is 16.3. The van der Waals surface area contributed by atoms with Crippen LogP contribution in [0.1, 0.15) is 25.3 Å². The van der Waals surface area contributed by atoms with Crippen molar-refractivity contribution >= 4 is 11.6 Å². The SMILES string of the molecule is Cn1c(=O)[nH]n([C@@]23[C@H]4C[C@@H]5[C@H]6C(=O)[C@H]7[C@@H](C(=O)[C@@H]64)[C@@]2(c2ccccc2)C[C@]7(C)[C@@]53O)c1=O. The molecule has 0 amide bonds. The maximum atomic E-state index is 14.0. The van der Waals surface area contributed by atoms with Crippen LogP contribution in [0.4, 0.5) is 0 Å². The van der Waals surface area contributed by atoms with E-state index in [1.807, 2.05) is 37.3 Å². The second-order valence-electron chi connectivity index (χ2n) is 11.3. The number of aromatic nitrogens is 3. The molecule has 1 aromatic carbocycles. The van der Waals surface area contributed by atoms with Gasteiger partial charge in [0.1, 0.15) is 22.7 Å². The Morgan fingerprint density at radius 1 is 1.00 bits per heavy atom. The van der Waals surface area contributed by atoms with Crippen LogP contribution in [0, 0.1) is 40.9 Å². The molecule has 164 valence electrons. The van der Waals surface area contributed by atoms with E-state index in [2.05, 4.69) is 5.10 Å². The lowest BCUT2D eigenvalue weighted by Gasteiger charge is -2.71. The van der Waals surface area contributed by atoms with Crippen molar-refractivity contribution in [2.45, 2.75) is 36.3 Å². The predicted octanol–water partition coefficient (Wildman–Crippen LogP) is -0.0570. The van der Waals surface area contributed by atoms with E-state index in [1.165, 1.54) is 11.7 Å². The molecule has 0 aliphatic heterocycles. The monoisotopic (exact) mass is 433 g/mol. The lowest BCUT2D eigenvalue weighted by Crippen LogP contribution is -2.85. The predicted molar refractivity (Wildman–Crippen MR) is 110 cm³/mol. The minimum absolute atomic E-state index is 0.128. The molecule has 8 nitrogen and oxygen atoms in total. The molecule has 5 aliphatic carbocycles. The number of aromatic amines is 1. The molecule has 4 bridgehead atoms. The molecule has 10 atom stereocenters. The first-order valence-corrected chi connectivity index (χ1v) is 11.4. The summed E-state index contributed by atoms with van der Waals surface area (Å²) in [6, 6.07) is 9.62. The zero-order valence-electron chi connectivity index (χ0n) is 17.7. The Morgan fingerprint density at radius 3 is 2.31 bits per heavy atom. The van der Waals surface area contributed by atoms with Gasteiger partial charge in [0, 0.05) is 47.5 Å². The molecule has 1 heterocycles. The van der Waals surface area contributed by atoms with Crippen LogP contribution in [-0.2, 0) is 27.6 Å². The van der Waals surface area contributed by atoms with Crippen LogP contribution in [0.3, 0.4) is 0 Å². The fourth-order valence-corrected chi connectivity index (χ4v) is 10.7. The van der Waals surface area contributed by atoms with Crippen molar-refractivity contribution in [2.75, 3.05) is 0 Å². The molecule has 8 heteroatoms. The first-order valence-electron chi connectivity index (χ1n) is 11.4. The number of carbonyl (C=O) groups excluding carboxylic acids is 2. The number of ketones is 2. The van der Waals surface area contributed by atoms with Gasteiger partial charge in [-0.2, -0.15) is 0 Å². The summed E-state index contributed by atoms with van der Waals surface area (Å²) in [6.07, 6.45) is 0.972. The second kappa shape index (κ2) is 4.51. The molecule has 0 unspecified atom stereocenters. The lowest BCUT2D eigenvalue weighted by molar-refractivity contribution is -0.269. The summed E-state index contributed by atoms with van der Waals surface area (Å²) in [5, 5.41) is 15.6. The lowest BCUT2D eigenvalue weighted by atomic mass is 9.33. The third-order valence-electron chi connectivity index (χ3n) is 11.1. The third-order valence-corrected chi connectivity index (χ3v) is 11.1. The van der Waals surface area contributed by atoms with Gasteiger partial charge in [-0.15, -0.1) is 0 Å². The van der Waals surface area contributed by atoms with E-state index in [0.29, 0.717) is 12.8 Å². The van der Waals surface area contributed by atoms with Crippen LogP contribution in [0.25, 0.3) is 0 Å². The van der Waals surface area contributed by atoms with E-state index < -0.39 is 57.0 Å². The summed E-state index contributed by atoms with van der Waals surface area (Å²) in [6.45, 7) is 1.95. The van der Waals surface area contributed by atoms with Gasteiger partial charge >= 0.3 is 11.4 Å². The fourth-order valence-electron chi connectivity index (χ4n) is 10.7. The van der Waals surface area contributed by atoms with Crippen LogP contribution in [0.15, 0.2) is 39.9 Å². The summed E-state index contributed by atoms with van der Waals surface area (Å²) in [5.41, 5.74) is -4.44. The van der Waals surface area contributed by atoms with Gasteiger partial charge in [0.25, 0.3) is 0 Å². The number of Topliss-reactive ketones (excluding diaryl/α,β-unsaturated/α-hetero) is 2. The number of aliphatic hydroxyl groups is 1. The van der Waals surface area contributed by atoms with Crippen LogP contribution < -0.4 is 11.4 Å². The largest absolute Gasteiger partial charge is 0.386 e. The van der Waals surface area contributed by atoms with Gasteiger partial charge in [-0.1, -0.05) is 37.3 Å². The Morgan fingerprint density at radius 2 is 1.66 bits per heavy atom. The van der Waals surface area contributed by atoms with Crippen LogP contribution in [0.2, 0.25) is 0 Å². The molecule has 32 heavy (non-hydrogen) atoms. The quantitative estimate of drug-likeness (QED) is 0.645. The van der Waals surface area contributed by atoms with Crippen molar-refractivity contribution in [3.05, 3.63) is 56.9 Å². The highest BCUT2D eigenvalue weighted by molar-refractivity contribution is 6.06. The standard InChI is InChI=1S/C24H23N3O5/c1-21-9-22(10-6-4-3-5-7-10)16-15(21)17(28)14-12-8-11(13(14)18(16)29)23(22,24(12,21)32)27-20(31)26(2)19(30)25-27/h3-7,11-16,32H,8-9H2,1-2H3,(H,25,30)/t11-,12+,13+,14+,15+,16-,21-,22-,23-,24-/m0/s1. The molecule has 0 saturated heterocycles. The Balaban J connectivity index is 1.62. The van der Waals surface area contributed by atoms with E-state index >= 15 is 0 Å². The molecule has 0 spiro atoms. The van der Waals surface area contributed by atoms with Gasteiger partial charge in [0.2, 0.25) is 0 Å². The Kier molecular flexibility index (Phi) is 2.50. The number of H-pyrrole nitrogens is 1. The number of fused-ring (bicyclic) bond motifs is 15. The smallest absolute Gasteiger partial charge is 0.347 e. The molecule has 2 N–H and O–H groups in total. The van der Waals surface area contributed by atoms with E-state index in [0.717, 1.165) is 10.1 Å². The highest BCUT2D eigenvalue weighted by Gasteiger charge is 3.01. The Hall–Kier alpha value is -2.74. The minimum atomic E-state index is -1.36. The fraction of sp³-hybridized carbons (Fsp3) is 0.583. The molecule has 5 aliphatic rings. The topological polar surface area (TPSA) is 114 Å². The number of carbonyl (C=O) groups is 2. The zero-order valence-corrected chi connectivity index (χ0v) is 17.7. The molecule has 5 saturated carbocycles. The summed E-state index contributed by atoms with van der Waals surface area (Å²) in [4.78, 5) is 53.8. The van der Waals surface area contributed by atoms with Crippen molar-refractivity contribution in [3.8, 4) is 0 Å². The van der Waals surface area contributed by atoms with Gasteiger partial charge in [-0.3, -0.25) is 9.59 Å². The third kappa shape index (κ3) is 1.18. The molecule has 1 aromatic heterocycles. The maximum absolute atomic E-state index is 14.0. The molecular weight excluding hydrogens is 410 g/mol. The van der Waals surface area contributed by atoms with Crippen LogP contribution in [0.5, 0.6) is 0 Å². The van der Waals surface area contributed by atoms with Crippen LogP contribution in [-0.4, -0.2) is 36.6 Å².